The highest BCUT2D eigenvalue weighted by Gasteiger charge is 2.11. The maximum atomic E-state index is 11.7. The number of carbonyl (C=O) groups excluding carboxylic acids is 2. The molecule has 18 heavy (non-hydrogen) atoms. The maximum Gasteiger partial charge on any atom is 0.261 e. The molecule has 0 aliphatic carbocycles. The molecule has 0 saturated heterocycles. The summed E-state index contributed by atoms with van der Waals surface area (Å²) >= 11 is 5.49. The monoisotopic (exact) mass is 286 g/mol. The van der Waals surface area contributed by atoms with E-state index in [1.807, 2.05) is 13.8 Å². The Bertz CT molecular complexity index is 414. The second-order valence-corrected chi connectivity index (χ2v) is 5.17. The number of hydrogen-bond acceptors (Lipinski definition) is 4. The van der Waals surface area contributed by atoms with Gasteiger partial charge >= 0.3 is 0 Å². The fourth-order valence-electron chi connectivity index (χ4n) is 1.55. The number of rotatable bonds is 6. The molecular formula is C12H18N2O2S2. The largest absolute Gasteiger partial charge is 0.351 e. The highest BCUT2D eigenvalue weighted by Crippen LogP contribution is 2.17. The van der Waals surface area contributed by atoms with Crippen LogP contribution in [0.3, 0.4) is 0 Å². The molecule has 0 saturated carbocycles. The van der Waals surface area contributed by atoms with Gasteiger partial charge in [-0.15, -0.1) is 24.0 Å². The van der Waals surface area contributed by atoms with Crippen LogP contribution in [0.2, 0.25) is 0 Å². The molecule has 1 heterocycles. The van der Waals surface area contributed by atoms with Crippen molar-refractivity contribution < 1.29 is 9.59 Å². The lowest BCUT2D eigenvalue weighted by Gasteiger charge is -2.18. The van der Waals surface area contributed by atoms with Crippen LogP contribution in [0, 0.1) is 0 Å². The van der Waals surface area contributed by atoms with Crippen LogP contribution in [0.1, 0.15) is 29.9 Å². The van der Waals surface area contributed by atoms with Crippen molar-refractivity contribution in [1.82, 2.24) is 10.2 Å². The van der Waals surface area contributed by atoms with Crippen LogP contribution in [-0.2, 0) is 4.79 Å². The van der Waals surface area contributed by atoms with Crippen molar-refractivity contribution >= 4 is 35.8 Å². The molecule has 0 spiro atoms. The fourth-order valence-corrected chi connectivity index (χ4v) is 2.61. The van der Waals surface area contributed by atoms with Crippen LogP contribution < -0.4 is 5.32 Å². The summed E-state index contributed by atoms with van der Waals surface area (Å²) in [5.41, 5.74) is 0. The van der Waals surface area contributed by atoms with Crippen molar-refractivity contribution in [1.29, 1.82) is 0 Å². The number of thiol groups is 1. The Balaban J connectivity index is 2.34. The summed E-state index contributed by atoms with van der Waals surface area (Å²) in [4.78, 5) is 26.5. The Kier molecular flexibility index (Phi) is 6.21. The minimum atomic E-state index is -0.146. The Morgan fingerprint density at radius 2 is 2.06 bits per heavy atom. The Labute approximate surface area is 117 Å². The first-order valence-corrected chi connectivity index (χ1v) is 7.24. The third-order valence-electron chi connectivity index (χ3n) is 2.55. The molecule has 0 atom stereocenters. The van der Waals surface area contributed by atoms with Gasteiger partial charge in [0.25, 0.3) is 5.91 Å². The standard InChI is InChI=1S/C12H18N2O2S2/c1-3-14(4-2)11(15)5-6-13-12(16)10-7-9(17)8-18-10/h7-8,17H,3-6H2,1-2H3,(H,13,16). The number of nitrogens with zero attached hydrogens (tertiary/aromatic N) is 1. The molecule has 2 amide bonds. The van der Waals surface area contributed by atoms with Gasteiger partial charge < -0.3 is 10.2 Å². The Morgan fingerprint density at radius 3 is 2.56 bits per heavy atom. The first-order chi connectivity index (χ1) is 8.58. The van der Waals surface area contributed by atoms with Gasteiger partial charge in [0.2, 0.25) is 5.91 Å². The number of nitrogens with one attached hydrogen (secondary N) is 1. The molecule has 0 radical (unpaired) electrons. The average Bonchev–Trinajstić information content (AvgIpc) is 2.77. The molecular weight excluding hydrogens is 268 g/mol. The number of carbonyl (C=O) groups is 2. The van der Waals surface area contributed by atoms with Crippen LogP contribution >= 0.6 is 24.0 Å². The topological polar surface area (TPSA) is 49.4 Å². The predicted octanol–water partition coefficient (Wildman–Crippen LogP) is 2.03. The summed E-state index contributed by atoms with van der Waals surface area (Å²) in [6.45, 7) is 5.67. The summed E-state index contributed by atoms with van der Waals surface area (Å²) in [7, 11) is 0. The van der Waals surface area contributed by atoms with Crippen molar-refractivity contribution in [2.45, 2.75) is 25.2 Å². The lowest BCUT2D eigenvalue weighted by molar-refractivity contribution is -0.130. The second kappa shape index (κ2) is 7.43. The van der Waals surface area contributed by atoms with Gasteiger partial charge in [0, 0.05) is 36.3 Å². The van der Waals surface area contributed by atoms with E-state index in [2.05, 4.69) is 17.9 Å². The number of hydrogen-bond donors (Lipinski definition) is 2. The third-order valence-corrected chi connectivity index (χ3v) is 3.91. The summed E-state index contributed by atoms with van der Waals surface area (Å²) in [6.07, 6.45) is 0.340. The van der Waals surface area contributed by atoms with E-state index in [9.17, 15) is 9.59 Å². The van der Waals surface area contributed by atoms with Crippen molar-refractivity contribution in [2.24, 2.45) is 0 Å². The van der Waals surface area contributed by atoms with Crippen molar-refractivity contribution in [3.8, 4) is 0 Å². The molecule has 0 aromatic carbocycles. The lowest BCUT2D eigenvalue weighted by Crippen LogP contribution is -2.34. The molecule has 1 aromatic rings. The van der Waals surface area contributed by atoms with E-state index in [0.29, 0.717) is 30.9 Å². The van der Waals surface area contributed by atoms with Gasteiger partial charge in [0.1, 0.15) is 0 Å². The molecule has 6 heteroatoms. The molecule has 0 fully saturated rings. The van der Waals surface area contributed by atoms with Gasteiger partial charge in [-0.25, -0.2) is 0 Å². The van der Waals surface area contributed by atoms with E-state index >= 15 is 0 Å². The van der Waals surface area contributed by atoms with Gasteiger partial charge in [0.05, 0.1) is 4.88 Å². The van der Waals surface area contributed by atoms with Gasteiger partial charge in [-0.3, -0.25) is 9.59 Å². The van der Waals surface area contributed by atoms with Gasteiger partial charge in [0.15, 0.2) is 0 Å². The molecule has 1 aromatic heterocycles. The van der Waals surface area contributed by atoms with Crippen molar-refractivity contribution in [3.63, 3.8) is 0 Å². The zero-order valence-electron chi connectivity index (χ0n) is 10.6. The smallest absolute Gasteiger partial charge is 0.261 e. The van der Waals surface area contributed by atoms with Gasteiger partial charge in [-0.05, 0) is 19.9 Å². The van der Waals surface area contributed by atoms with Crippen LogP contribution in [0.5, 0.6) is 0 Å². The van der Waals surface area contributed by atoms with Crippen LogP contribution in [0.15, 0.2) is 16.3 Å². The van der Waals surface area contributed by atoms with E-state index < -0.39 is 0 Å². The van der Waals surface area contributed by atoms with Gasteiger partial charge in [-0.1, -0.05) is 0 Å². The quantitative estimate of drug-likeness (QED) is 0.786. The van der Waals surface area contributed by atoms with Crippen LogP contribution in [-0.4, -0.2) is 36.3 Å². The summed E-state index contributed by atoms with van der Waals surface area (Å²) in [6, 6.07) is 1.72. The average molecular weight is 286 g/mol. The lowest BCUT2D eigenvalue weighted by atomic mass is 10.3. The van der Waals surface area contributed by atoms with Crippen molar-refractivity contribution in [2.75, 3.05) is 19.6 Å². The normalized spacial score (nSPS) is 10.2. The molecule has 0 bridgehead atoms. The summed E-state index contributed by atoms with van der Waals surface area (Å²) < 4.78 is 0. The first-order valence-electron chi connectivity index (χ1n) is 5.92. The molecule has 1 rings (SSSR count). The van der Waals surface area contributed by atoms with E-state index in [1.165, 1.54) is 11.3 Å². The summed E-state index contributed by atoms with van der Waals surface area (Å²) in [5.74, 6) is -0.0750. The van der Waals surface area contributed by atoms with Crippen LogP contribution in [0.25, 0.3) is 0 Å². The highest BCUT2D eigenvalue weighted by molar-refractivity contribution is 7.80. The Morgan fingerprint density at radius 1 is 1.39 bits per heavy atom. The third kappa shape index (κ3) is 4.34. The highest BCUT2D eigenvalue weighted by atomic mass is 32.1. The minimum absolute atomic E-state index is 0.0707. The van der Waals surface area contributed by atoms with Crippen molar-refractivity contribution in [3.05, 3.63) is 16.3 Å². The molecule has 0 aliphatic rings. The molecule has 4 nitrogen and oxygen atoms in total. The zero-order valence-corrected chi connectivity index (χ0v) is 12.3. The minimum Gasteiger partial charge on any atom is -0.351 e. The first kappa shape index (κ1) is 15.0. The van der Waals surface area contributed by atoms with E-state index in [-0.39, 0.29) is 11.8 Å². The van der Waals surface area contributed by atoms with E-state index in [1.54, 1.807) is 16.3 Å². The Hall–Kier alpha value is -1.01. The number of thiophene rings is 1. The fraction of sp³-hybridized carbons (Fsp3) is 0.500. The maximum absolute atomic E-state index is 11.7. The van der Waals surface area contributed by atoms with Gasteiger partial charge in [-0.2, -0.15) is 0 Å². The molecule has 0 aliphatic heterocycles. The zero-order chi connectivity index (χ0) is 13.5. The number of amides is 2. The predicted molar refractivity (Wildman–Crippen MR) is 76.4 cm³/mol. The molecule has 0 unspecified atom stereocenters. The SMILES string of the molecule is CCN(CC)C(=O)CCNC(=O)c1cc(S)cs1. The molecule has 100 valence electrons. The van der Waals surface area contributed by atoms with E-state index in [0.717, 1.165) is 4.90 Å². The summed E-state index contributed by atoms with van der Waals surface area (Å²) in [5, 5.41) is 4.54. The van der Waals surface area contributed by atoms with E-state index in [4.69, 9.17) is 0 Å². The van der Waals surface area contributed by atoms with Crippen LogP contribution in [0.4, 0.5) is 0 Å². The second-order valence-electron chi connectivity index (χ2n) is 3.74. The molecule has 1 N–H and O–H groups in total.